The summed E-state index contributed by atoms with van der Waals surface area (Å²) < 4.78 is 0.752. The number of hydrogen-bond donors (Lipinski definition) is 3. The molecule has 0 radical (unpaired) electrons. The molecule has 92 valence electrons. The van der Waals surface area contributed by atoms with Crippen LogP contribution >= 0.6 is 15.9 Å². The van der Waals surface area contributed by atoms with E-state index >= 15 is 0 Å². The monoisotopic (exact) mass is 298 g/mol. The topological polar surface area (TPSA) is 61.4 Å². The van der Waals surface area contributed by atoms with Crippen molar-refractivity contribution in [2.24, 2.45) is 0 Å². The van der Waals surface area contributed by atoms with E-state index in [1.54, 1.807) is 12.1 Å². The number of carbonyl (C=O) groups excluding carboxylic acids is 1. The standard InChI is InChI=1S/C12H15BrN2O2/c13-8-1-4-10(11(16)7-8)12(17)15-6-5-14-9-2-3-9/h1,4,7,9,14,16H,2-3,5-6H2,(H,15,17). The lowest BCUT2D eigenvalue weighted by Gasteiger charge is -2.07. The zero-order chi connectivity index (χ0) is 12.3. The van der Waals surface area contributed by atoms with Crippen molar-refractivity contribution in [1.82, 2.24) is 10.6 Å². The molecule has 0 heterocycles. The summed E-state index contributed by atoms with van der Waals surface area (Å²) in [6.45, 7) is 1.35. The fraction of sp³-hybridized carbons (Fsp3) is 0.417. The lowest BCUT2D eigenvalue weighted by atomic mass is 10.2. The number of hydrogen-bond acceptors (Lipinski definition) is 3. The number of aromatic hydroxyl groups is 1. The van der Waals surface area contributed by atoms with Crippen LogP contribution in [0, 0.1) is 0 Å². The van der Waals surface area contributed by atoms with E-state index in [1.807, 2.05) is 0 Å². The Kier molecular flexibility index (Phi) is 4.02. The molecule has 1 fully saturated rings. The third kappa shape index (κ3) is 3.71. The largest absolute Gasteiger partial charge is 0.507 e. The van der Waals surface area contributed by atoms with E-state index in [1.165, 1.54) is 18.9 Å². The molecule has 0 atom stereocenters. The lowest BCUT2D eigenvalue weighted by molar-refractivity contribution is 0.0951. The van der Waals surface area contributed by atoms with Gasteiger partial charge in [-0.15, -0.1) is 0 Å². The van der Waals surface area contributed by atoms with E-state index in [-0.39, 0.29) is 11.7 Å². The molecule has 2 rings (SSSR count). The Bertz CT molecular complexity index is 419. The summed E-state index contributed by atoms with van der Waals surface area (Å²) in [5.41, 5.74) is 0.305. The molecular weight excluding hydrogens is 284 g/mol. The minimum absolute atomic E-state index is 0.00738. The first kappa shape index (κ1) is 12.4. The molecule has 0 spiro atoms. The highest BCUT2D eigenvalue weighted by molar-refractivity contribution is 9.10. The fourth-order valence-electron chi connectivity index (χ4n) is 1.53. The van der Waals surface area contributed by atoms with Crippen LogP contribution in [0.3, 0.4) is 0 Å². The van der Waals surface area contributed by atoms with Crippen LogP contribution in [0.25, 0.3) is 0 Å². The van der Waals surface area contributed by atoms with Crippen LogP contribution in [-0.2, 0) is 0 Å². The summed E-state index contributed by atoms with van der Waals surface area (Å²) >= 11 is 3.23. The molecule has 0 aliphatic heterocycles. The molecule has 1 aromatic rings. The average molecular weight is 299 g/mol. The van der Waals surface area contributed by atoms with Crippen molar-refractivity contribution in [3.8, 4) is 5.75 Å². The number of carbonyl (C=O) groups is 1. The smallest absolute Gasteiger partial charge is 0.255 e. The van der Waals surface area contributed by atoms with E-state index < -0.39 is 0 Å². The highest BCUT2D eigenvalue weighted by Gasteiger charge is 2.19. The fourth-order valence-corrected chi connectivity index (χ4v) is 1.88. The van der Waals surface area contributed by atoms with Gasteiger partial charge in [0.15, 0.2) is 0 Å². The van der Waals surface area contributed by atoms with E-state index in [9.17, 15) is 9.90 Å². The second kappa shape index (κ2) is 5.51. The first-order chi connectivity index (χ1) is 8.16. The average Bonchev–Trinajstić information content (AvgIpc) is 3.08. The van der Waals surface area contributed by atoms with Gasteiger partial charge < -0.3 is 15.7 Å². The van der Waals surface area contributed by atoms with Crippen LogP contribution in [0.2, 0.25) is 0 Å². The van der Waals surface area contributed by atoms with Gasteiger partial charge in [-0.25, -0.2) is 0 Å². The molecule has 1 saturated carbocycles. The van der Waals surface area contributed by atoms with Gasteiger partial charge >= 0.3 is 0 Å². The van der Waals surface area contributed by atoms with Crippen LogP contribution in [0.1, 0.15) is 23.2 Å². The molecule has 0 saturated heterocycles. The summed E-state index contributed by atoms with van der Waals surface area (Å²) in [7, 11) is 0. The first-order valence-corrected chi connectivity index (χ1v) is 6.46. The number of nitrogens with one attached hydrogen (secondary N) is 2. The van der Waals surface area contributed by atoms with Gasteiger partial charge in [-0.3, -0.25) is 4.79 Å². The normalized spacial score (nSPS) is 14.6. The van der Waals surface area contributed by atoms with Crippen molar-refractivity contribution in [3.63, 3.8) is 0 Å². The second-order valence-electron chi connectivity index (χ2n) is 4.15. The number of rotatable bonds is 5. The van der Waals surface area contributed by atoms with Crippen molar-refractivity contribution in [1.29, 1.82) is 0 Å². The van der Waals surface area contributed by atoms with Gasteiger partial charge in [-0.05, 0) is 31.0 Å². The first-order valence-electron chi connectivity index (χ1n) is 5.67. The maximum absolute atomic E-state index is 11.7. The van der Waals surface area contributed by atoms with Crippen LogP contribution in [0.5, 0.6) is 5.75 Å². The molecule has 1 amide bonds. The van der Waals surface area contributed by atoms with Crippen LogP contribution in [0.15, 0.2) is 22.7 Å². The summed E-state index contributed by atoms with van der Waals surface area (Å²) in [4.78, 5) is 11.7. The summed E-state index contributed by atoms with van der Waals surface area (Å²) in [5, 5.41) is 15.7. The summed E-state index contributed by atoms with van der Waals surface area (Å²) in [6.07, 6.45) is 2.48. The molecular formula is C12H15BrN2O2. The Morgan fingerprint density at radius 3 is 2.82 bits per heavy atom. The number of amides is 1. The quantitative estimate of drug-likeness (QED) is 0.724. The van der Waals surface area contributed by atoms with Gasteiger partial charge in [0.25, 0.3) is 5.91 Å². The zero-order valence-corrected chi connectivity index (χ0v) is 11.0. The maximum atomic E-state index is 11.7. The van der Waals surface area contributed by atoms with Gasteiger partial charge in [-0.1, -0.05) is 15.9 Å². The number of phenolic OH excluding ortho intramolecular Hbond substituents is 1. The third-order valence-corrected chi connectivity index (χ3v) is 3.12. The van der Waals surface area contributed by atoms with Crippen LogP contribution < -0.4 is 10.6 Å². The van der Waals surface area contributed by atoms with Crippen molar-refractivity contribution < 1.29 is 9.90 Å². The zero-order valence-electron chi connectivity index (χ0n) is 9.37. The third-order valence-electron chi connectivity index (χ3n) is 2.63. The van der Waals surface area contributed by atoms with Crippen molar-refractivity contribution in [2.45, 2.75) is 18.9 Å². The Balaban J connectivity index is 1.81. The number of phenols is 1. The second-order valence-corrected chi connectivity index (χ2v) is 5.06. The Morgan fingerprint density at radius 2 is 2.18 bits per heavy atom. The van der Waals surface area contributed by atoms with Gasteiger partial charge in [0.1, 0.15) is 5.75 Å². The van der Waals surface area contributed by atoms with Gasteiger partial charge in [0.05, 0.1) is 5.56 Å². The van der Waals surface area contributed by atoms with Crippen LogP contribution in [-0.4, -0.2) is 30.1 Å². The van der Waals surface area contributed by atoms with Crippen LogP contribution in [0.4, 0.5) is 0 Å². The highest BCUT2D eigenvalue weighted by Crippen LogP contribution is 2.22. The van der Waals surface area contributed by atoms with Gasteiger partial charge in [0, 0.05) is 23.6 Å². The predicted octanol–water partition coefficient (Wildman–Crippen LogP) is 1.64. The molecule has 0 aromatic heterocycles. The molecule has 0 unspecified atom stereocenters. The van der Waals surface area contributed by atoms with E-state index in [0.717, 1.165) is 11.0 Å². The molecule has 17 heavy (non-hydrogen) atoms. The molecule has 3 N–H and O–H groups in total. The van der Waals surface area contributed by atoms with Gasteiger partial charge in [0.2, 0.25) is 0 Å². The Morgan fingerprint density at radius 1 is 1.41 bits per heavy atom. The number of benzene rings is 1. The molecule has 1 aliphatic rings. The Hall–Kier alpha value is -1.07. The minimum Gasteiger partial charge on any atom is -0.507 e. The van der Waals surface area contributed by atoms with Crippen molar-refractivity contribution >= 4 is 21.8 Å². The predicted molar refractivity (Wildman–Crippen MR) is 69.2 cm³/mol. The summed E-state index contributed by atoms with van der Waals surface area (Å²) in [5.74, 6) is -0.250. The maximum Gasteiger partial charge on any atom is 0.255 e. The molecule has 1 aliphatic carbocycles. The molecule has 5 heteroatoms. The van der Waals surface area contributed by atoms with Crippen molar-refractivity contribution in [2.75, 3.05) is 13.1 Å². The molecule has 0 bridgehead atoms. The lowest BCUT2D eigenvalue weighted by Crippen LogP contribution is -2.32. The summed E-state index contributed by atoms with van der Waals surface area (Å²) in [6, 6.07) is 5.49. The van der Waals surface area contributed by atoms with E-state index in [0.29, 0.717) is 18.2 Å². The Labute approximate surface area is 109 Å². The SMILES string of the molecule is O=C(NCCNC1CC1)c1ccc(Br)cc1O. The minimum atomic E-state index is -0.243. The van der Waals surface area contributed by atoms with Crippen molar-refractivity contribution in [3.05, 3.63) is 28.2 Å². The van der Waals surface area contributed by atoms with E-state index in [2.05, 4.69) is 26.6 Å². The van der Waals surface area contributed by atoms with Gasteiger partial charge in [-0.2, -0.15) is 0 Å². The number of halogens is 1. The van der Waals surface area contributed by atoms with E-state index in [4.69, 9.17) is 0 Å². The molecule has 4 nitrogen and oxygen atoms in total. The highest BCUT2D eigenvalue weighted by atomic mass is 79.9. The molecule has 1 aromatic carbocycles.